The first-order valence-corrected chi connectivity index (χ1v) is 6.35. The second-order valence-electron chi connectivity index (χ2n) is 4.79. The second-order valence-corrected chi connectivity index (χ2v) is 5.65. The van der Waals surface area contributed by atoms with Crippen molar-refractivity contribution in [3.8, 4) is 0 Å². The number of anilines is 1. The van der Waals surface area contributed by atoms with E-state index in [-0.39, 0.29) is 23.2 Å². The lowest BCUT2D eigenvalue weighted by Gasteiger charge is -2.25. The maximum absolute atomic E-state index is 10.8. The minimum absolute atomic E-state index is 0.216. The van der Waals surface area contributed by atoms with Gasteiger partial charge in [-0.15, -0.1) is 11.3 Å². The molecule has 1 unspecified atom stereocenters. The van der Waals surface area contributed by atoms with Gasteiger partial charge in [-0.05, 0) is 27.7 Å². The lowest BCUT2D eigenvalue weighted by Crippen LogP contribution is -2.30. The fraction of sp³-hybridized carbons (Fsp3) is 0.545. The predicted octanol–water partition coefficient (Wildman–Crippen LogP) is 1.57. The third-order valence-electron chi connectivity index (χ3n) is 1.86. The molecule has 18 heavy (non-hydrogen) atoms. The monoisotopic (exact) mass is 270 g/mol. The minimum Gasteiger partial charge on any atom is -0.364 e. The molecule has 0 aliphatic carbocycles. The lowest BCUT2D eigenvalue weighted by molar-refractivity contribution is -0.112. The number of ether oxygens (including phenoxy) is 1. The summed E-state index contributed by atoms with van der Waals surface area (Å²) >= 11 is 1.30. The number of hydrogen-bond donors (Lipinski definition) is 3. The first-order chi connectivity index (χ1) is 8.19. The zero-order valence-corrected chi connectivity index (χ0v) is 11.7. The fourth-order valence-electron chi connectivity index (χ4n) is 1.31. The average molecular weight is 270 g/mol. The number of carbonyl (C=O) groups excluding carboxylic acids is 1. The summed E-state index contributed by atoms with van der Waals surface area (Å²) in [5, 5.41) is 12.7. The third kappa shape index (κ3) is 4.42. The highest BCUT2D eigenvalue weighted by Gasteiger charge is 2.17. The summed E-state index contributed by atoms with van der Waals surface area (Å²) in [6, 6.07) is 0. The van der Waals surface area contributed by atoms with E-state index in [1.165, 1.54) is 11.3 Å². The molecule has 4 N–H and O–H groups in total. The Morgan fingerprint density at radius 2 is 2.22 bits per heavy atom. The number of nitrogens with two attached hydrogens (primary N) is 1. The van der Waals surface area contributed by atoms with Gasteiger partial charge in [-0.3, -0.25) is 10.2 Å². The Hall–Kier alpha value is -1.47. The molecule has 0 fully saturated rings. The van der Waals surface area contributed by atoms with Crippen LogP contribution in [0.2, 0.25) is 0 Å². The molecule has 0 saturated carbocycles. The molecule has 0 radical (unpaired) electrons. The van der Waals surface area contributed by atoms with E-state index in [2.05, 4.69) is 10.3 Å². The van der Waals surface area contributed by atoms with E-state index in [4.69, 9.17) is 15.9 Å². The molecule has 1 amide bonds. The average Bonchev–Trinajstić information content (AvgIpc) is 2.61. The molecule has 1 atom stereocenters. The topological polar surface area (TPSA) is 101 Å². The van der Waals surface area contributed by atoms with Crippen LogP contribution in [0.5, 0.6) is 0 Å². The number of thiazole rings is 1. The van der Waals surface area contributed by atoms with Crippen molar-refractivity contribution in [2.45, 2.75) is 39.5 Å². The number of carbonyl (C=O) groups is 1. The highest BCUT2D eigenvalue weighted by Crippen LogP contribution is 2.19. The van der Waals surface area contributed by atoms with Gasteiger partial charge in [0.1, 0.15) is 17.6 Å². The van der Waals surface area contributed by atoms with Crippen LogP contribution in [0.3, 0.4) is 0 Å². The SMILES string of the molecule is CC(Nc1nc(C(=N)C(N)=O)cs1)OC(C)(C)C. The number of nitrogens with zero attached hydrogens (tertiary/aromatic N) is 1. The van der Waals surface area contributed by atoms with Crippen molar-refractivity contribution in [2.24, 2.45) is 5.73 Å². The molecule has 0 bridgehead atoms. The molecule has 1 aromatic rings. The van der Waals surface area contributed by atoms with Gasteiger partial charge in [-0.1, -0.05) is 0 Å². The zero-order valence-electron chi connectivity index (χ0n) is 10.9. The Morgan fingerprint density at radius 1 is 1.61 bits per heavy atom. The van der Waals surface area contributed by atoms with E-state index >= 15 is 0 Å². The molecule has 6 nitrogen and oxygen atoms in total. The molecule has 0 aliphatic rings. The van der Waals surface area contributed by atoms with E-state index in [0.29, 0.717) is 5.13 Å². The van der Waals surface area contributed by atoms with Crippen molar-refractivity contribution < 1.29 is 9.53 Å². The van der Waals surface area contributed by atoms with Crippen LogP contribution in [0.15, 0.2) is 5.38 Å². The van der Waals surface area contributed by atoms with Crippen molar-refractivity contribution in [1.29, 1.82) is 5.41 Å². The molecule has 0 aliphatic heterocycles. The summed E-state index contributed by atoms with van der Waals surface area (Å²) in [5.41, 5.74) is 4.75. The quantitative estimate of drug-likeness (QED) is 0.558. The molecule has 1 rings (SSSR count). The van der Waals surface area contributed by atoms with Gasteiger partial charge in [0.15, 0.2) is 5.13 Å². The molecule has 1 aromatic heterocycles. The van der Waals surface area contributed by atoms with Gasteiger partial charge in [0, 0.05) is 5.38 Å². The highest BCUT2D eigenvalue weighted by molar-refractivity contribution is 7.14. The maximum Gasteiger partial charge on any atom is 0.268 e. The van der Waals surface area contributed by atoms with E-state index in [1.807, 2.05) is 27.7 Å². The lowest BCUT2D eigenvalue weighted by atomic mass is 10.2. The van der Waals surface area contributed by atoms with Crippen molar-refractivity contribution in [3.05, 3.63) is 11.1 Å². The number of nitrogens with one attached hydrogen (secondary N) is 2. The Labute approximate surface area is 110 Å². The zero-order chi connectivity index (χ0) is 13.9. The molecule has 0 spiro atoms. The van der Waals surface area contributed by atoms with Crippen LogP contribution in [0, 0.1) is 5.41 Å². The predicted molar refractivity (Wildman–Crippen MR) is 72.1 cm³/mol. The summed E-state index contributed by atoms with van der Waals surface area (Å²) in [6.07, 6.45) is -0.216. The maximum atomic E-state index is 10.8. The molecular weight excluding hydrogens is 252 g/mol. The normalized spacial score (nSPS) is 13.1. The molecular formula is C11H18N4O2S. The molecule has 7 heteroatoms. The summed E-state index contributed by atoms with van der Waals surface area (Å²) < 4.78 is 5.67. The third-order valence-corrected chi connectivity index (χ3v) is 2.64. The fourth-order valence-corrected chi connectivity index (χ4v) is 2.09. The van der Waals surface area contributed by atoms with Crippen molar-refractivity contribution in [2.75, 3.05) is 5.32 Å². The van der Waals surface area contributed by atoms with E-state index < -0.39 is 5.91 Å². The van der Waals surface area contributed by atoms with Crippen molar-refractivity contribution >= 4 is 28.1 Å². The molecule has 0 aromatic carbocycles. The first-order valence-electron chi connectivity index (χ1n) is 5.47. The molecule has 100 valence electrons. The Balaban J connectivity index is 2.64. The molecule has 0 saturated heterocycles. The number of primary amides is 1. The summed E-state index contributed by atoms with van der Waals surface area (Å²) in [7, 11) is 0. The van der Waals surface area contributed by atoms with Crippen LogP contribution in [0.25, 0.3) is 0 Å². The van der Waals surface area contributed by atoms with Gasteiger partial charge in [0.25, 0.3) is 5.91 Å². The standard InChI is InChI=1S/C11H18N4O2S/c1-6(17-11(2,3)4)14-10-15-7(5-18-10)8(12)9(13)16/h5-6,12H,1-4H3,(H2,13,16)(H,14,15). The van der Waals surface area contributed by atoms with E-state index in [9.17, 15) is 4.79 Å². The van der Waals surface area contributed by atoms with Crippen LogP contribution in [-0.2, 0) is 9.53 Å². The van der Waals surface area contributed by atoms with Gasteiger partial charge < -0.3 is 15.8 Å². The summed E-state index contributed by atoms with van der Waals surface area (Å²) in [6.45, 7) is 7.75. The van der Waals surface area contributed by atoms with Crippen LogP contribution in [-0.4, -0.2) is 28.4 Å². The largest absolute Gasteiger partial charge is 0.364 e. The number of aromatic nitrogens is 1. The van der Waals surface area contributed by atoms with Gasteiger partial charge in [0.2, 0.25) is 0 Å². The van der Waals surface area contributed by atoms with E-state index in [1.54, 1.807) is 5.38 Å². The van der Waals surface area contributed by atoms with Crippen molar-refractivity contribution in [3.63, 3.8) is 0 Å². The Kier molecular flexibility index (Phi) is 4.42. The summed E-state index contributed by atoms with van der Waals surface area (Å²) in [4.78, 5) is 14.9. The van der Waals surface area contributed by atoms with Gasteiger partial charge >= 0.3 is 0 Å². The second kappa shape index (κ2) is 5.45. The van der Waals surface area contributed by atoms with Crippen LogP contribution in [0.1, 0.15) is 33.4 Å². The Morgan fingerprint density at radius 3 is 2.72 bits per heavy atom. The first kappa shape index (κ1) is 14.6. The minimum atomic E-state index is -0.786. The van der Waals surface area contributed by atoms with Crippen LogP contribution >= 0.6 is 11.3 Å². The Bertz CT molecular complexity index is 450. The number of amides is 1. The molecule has 1 heterocycles. The van der Waals surface area contributed by atoms with E-state index in [0.717, 1.165) is 0 Å². The summed E-state index contributed by atoms with van der Waals surface area (Å²) in [5.74, 6) is -0.786. The number of hydrogen-bond acceptors (Lipinski definition) is 6. The van der Waals surface area contributed by atoms with Crippen LogP contribution in [0.4, 0.5) is 5.13 Å². The van der Waals surface area contributed by atoms with Gasteiger partial charge in [0.05, 0.1) is 5.60 Å². The smallest absolute Gasteiger partial charge is 0.268 e. The highest BCUT2D eigenvalue weighted by atomic mass is 32.1. The number of rotatable bonds is 5. The van der Waals surface area contributed by atoms with Crippen molar-refractivity contribution in [1.82, 2.24) is 4.98 Å². The van der Waals surface area contributed by atoms with Gasteiger partial charge in [-0.2, -0.15) is 0 Å². The van der Waals surface area contributed by atoms with Gasteiger partial charge in [-0.25, -0.2) is 4.98 Å². The van der Waals surface area contributed by atoms with Crippen LogP contribution < -0.4 is 11.1 Å².